The molecular weight excluding hydrogens is 440 g/mol. The van der Waals surface area contributed by atoms with Crippen molar-refractivity contribution < 1.29 is 22.0 Å². The molecule has 1 amide bonds. The second-order valence-electron chi connectivity index (χ2n) is 7.63. The lowest BCUT2D eigenvalue weighted by molar-refractivity contribution is -0.0102. The summed E-state index contributed by atoms with van der Waals surface area (Å²) in [4.78, 5) is 22.8. The van der Waals surface area contributed by atoms with Gasteiger partial charge in [-0.2, -0.15) is 0 Å². The number of hydrogen-bond donors (Lipinski definition) is 2. The summed E-state index contributed by atoms with van der Waals surface area (Å²) in [6.07, 6.45) is 1.04. The number of anilines is 2. The van der Waals surface area contributed by atoms with Gasteiger partial charge in [0.2, 0.25) is 5.92 Å². The van der Waals surface area contributed by atoms with Gasteiger partial charge in [-0.25, -0.2) is 27.3 Å². The number of sulfonamides is 1. The fourth-order valence-corrected chi connectivity index (χ4v) is 4.10. The van der Waals surface area contributed by atoms with Crippen molar-refractivity contribution in [3.05, 3.63) is 54.2 Å². The van der Waals surface area contributed by atoms with Crippen LogP contribution < -0.4 is 15.4 Å². The third-order valence-corrected chi connectivity index (χ3v) is 6.09. The van der Waals surface area contributed by atoms with Gasteiger partial charge in [0.1, 0.15) is 0 Å². The minimum atomic E-state index is -4.14. The molecule has 1 aromatic carbocycles. The summed E-state index contributed by atoms with van der Waals surface area (Å²) in [6.45, 7) is 0.343. The molecule has 2 aromatic heterocycles. The van der Waals surface area contributed by atoms with Crippen molar-refractivity contribution in [3.63, 3.8) is 0 Å². The molecular formula is C21H21F2N5O3S. The van der Waals surface area contributed by atoms with Crippen LogP contribution in [0.5, 0.6) is 0 Å². The Bertz CT molecular complexity index is 1280. The molecule has 3 N–H and O–H groups in total. The third-order valence-electron chi connectivity index (χ3n) is 5.28. The first-order chi connectivity index (χ1) is 15.1. The van der Waals surface area contributed by atoms with Crippen LogP contribution in [0.15, 0.2) is 53.7 Å². The van der Waals surface area contributed by atoms with E-state index in [0.29, 0.717) is 17.7 Å². The van der Waals surface area contributed by atoms with Gasteiger partial charge in [-0.15, -0.1) is 0 Å². The van der Waals surface area contributed by atoms with Crippen molar-refractivity contribution in [2.75, 3.05) is 23.3 Å². The fraction of sp³-hybridized carbons (Fsp3) is 0.286. The van der Waals surface area contributed by atoms with Crippen LogP contribution >= 0.6 is 0 Å². The highest BCUT2D eigenvalue weighted by Crippen LogP contribution is 2.33. The summed E-state index contributed by atoms with van der Waals surface area (Å²) in [5.41, 5.74) is 1.29. The van der Waals surface area contributed by atoms with E-state index in [2.05, 4.69) is 15.3 Å². The number of primary sulfonamides is 1. The van der Waals surface area contributed by atoms with E-state index < -0.39 is 26.9 Å². The number of amides is 1. The number of benzene rings is 1. The van der Waals surface area contributed by atoms with E-state index in [9.17, 15) is 22.0 Å². The lowest BCUT2D eigenvalue weighted by Crippen LogP contribution is -2.28. The number of nitrogens with two attached hydrogens (primary N) is 1. The molecule has 0 aliphatic carbocycles. The first-order valence-electron chi connectivity index (χ1n) is 9.95. The van der Waals surface area contributed by atoms with Crippen LogP contribution in [0.3, 0.4) is 0 Å². The van der Waals surface area contributed by atoms with E-state index in [0.717, 1.165) is 5.39 Å². The average Bonchev–Trinajstić information content (AvgIpc) is 2.93. The number of alkyl halides is 2. The summed E-state index contributed by atoms with van der Waals surface area (Å²) < 4.78 is 51.2. The third kappa shape index (κ3) is 4.83. The molecule has 1 aliphatic heterocycles. The summed E-state index contributed by atoms with van der Waals surface area (Å²) >= 11 is 0. The lowest BCUT2D eigenvalue weighted by atomic mass is 10.1. The van der Waals surface area contributed by atoms with Crippen LogP contribution in [0.2, 0.25) is 0 Å². The Balaban J connectivity index is 1.69. The number of fused-ring (bicyclic) bond motifs is 1. The monoisotopic (exact) mass is 461 g/mol. The van der Waals surface area contributed by atoms with Gasteiger partial charge in [-0.1, -0.05) is 18.2 Å². The molecule has 0 spiro atoms. The molecule has 3 aromatic rings. The van der Waals surface area contributed by atoms with Gasteiger partial charge < -0.3 is 10.2 Å². The Hall–Kier alpha value is -3.18. The number of aromatic nitrogens is 2. The van der Waals surface area contributed by atoms with Crippen LogP contribution in [0.4, 0.5) is 20.3 Å². The van der Waals surface area contributed by atoms with Crippen LogP contribution in [-0.4, -0.2) is 43.3 Å². The lowest BCUT2D eigenvalue weighted by Gasteiger charge is -2.25. The van der Waals surface area contributed by atoms with Gasteiger partial charge in [0, 0.05) is 37.5 Å². The Morgan fingerprint density at radius 2 is 1.91 bits per heavy atom. The van der Waals surface area contributed by atoms with Crippen LogP contribution in [0, 0.1) is 0 Å². The maximum Gasteiger partial charge on any atom is 0.258 e. The molecule has 8 nitrogen and oxygen atoms in total. The van der Waals surface area contributed by atoms with Crippen LogP contribution in [0.25, 0.3) is 10.9 Å². The molecule has 168 valence electrons. The van der Waals surface area contributed by atoms with Gasteiger partial charge in [0.05, 0.1) is 16.8 Å². The Morgan fingerprint density at radius 3 is 2.69 bits per heavy atom. The molecule has 4 rings (SSSR count). The SMILES string of the molecule is NS(=O)(=O)c1ccc(N2CCCC(F)(F)CC2)c(NC(=O)c2cnc3ccccc3c2)n1. The Labute approximate surface area is 183 Å². The minimum absolute atomic E-state index is 0.0315. The number of rotatable bonds is 4. The fourth-order valence-electron chi connectivity index (χ4n) is 3.62. The number of nitrogens with one attached hydrogen (secondary N) is 1. The van der Waals surface area contributed by atoms with E-state index in [-0.39, 0.29) is 37.2 Å². The molecule has 11 heteroatoms. The van der Waals surface area contributed by atoms with Crippen LogP contribution in [0.1, 0.15) is 29.6 Å². The zero-order valence-electron chi connectivity index (χ0n) is 17.0. The molecule has 0 atom stereocenters. The quantitative estimate of drug-likeness (QED) is 0.616. The van der Waals surface area contributed by atoms with Crippen molar-refractivity contribution in [2.45, 2.75) is 30.2 Å². The van der Waals surface area contributed by atoms with Crippen molar-refractivity contribution in [1.29, 1.82) is 0 Å². The molecule has 0 bridgehead atoms. The number of hydrogen-bond acceptors (Lipinski definition) is 6. The number of halogens is 2. The van der Waals surface area contributed by atoms with Gasteiger partial charge in [-0.3, -0.25) is 9.78 Å². The van der Waals surface area contributed by atoms with E-state index in [1.54, 1.807) is 17.0 Å². The van der Waals surface area contributed by atoms with Crippen molar-refractivity contribution in [1.82, 2.24) is 9.97 Å². The zero-order valence-corrected chi connectivity index (χ0v) is 17.8. The topological polar surface area (TPSA) is 118 Å². The summed E-state index contributed by atoms with van der Waals surface area (Å²) in [5, 5.41) is 8.11. The number of nitrogens with zero attached hydrogens (tertiary/aromatic N) is 3. The second-order valence-corrected chi connectivity index (χ2v) is 9.14. The van der Waals surface area contributed by atoms with Crippen molar-refractivity contribution in [3.8, 4) is 0 Å². The molecule has 3 heterocycles. The second kappa shape index (κ2) is 8.40. The van der Waals surface area contributed by atoms with Crippen molar-refractivity contribution in [2.24, 2.45) is 5.14 Å². The Morgan fingerprint density at radius 1 is 1.12 bits per heavy atom. The number of pyridine rings is 2. The minimum Gasteiger partial charge on any atom is -0.368 e. The molecule has 1 saturated heterocycles. The first kappa shape index (κ1) is 22.0. The molecule has 0 radical (unpaired) electrons. The summed E-state index contributed by atoms with van der Waals surface area (Å²) in [6, 6.07) is 11.5. The normalized spacial score (nSPS) is 16.5. The van der Waals surface area contributed by atoms with Crippen molar-refractivity contribution >= 4 is 38.3 Å². The predicted molar refractivity (Wildman–Crippen MR) is 116 cm³/mol. The first-order valence-corrected chi connectivity index (χ1v) is 11.5. The highest BCUT2D eigenvalue weighted by molar-refractivity contribution is 7.89. The molecule has 0 saturated carbocycles. The summed E-state index contributed by atoms with van der Waals surface area (Å²) in [7, 11) is -4.14. The molecule has 1 fully saturated rings. The standard InChI is InChI=1S/C21H21F2N5O3S/c22-21(23)8-3-10-28(11-9-21)17-6-7-18(32(24,30)31)26-19(17)27-20(29)15-12-14-4-1-2-5-16(14)25-13-15/h1-2,4-7,12-13H,3,8-11H2,(H2,24,30,31)(H,26,27,29). The molecule has 0 unspecified atom stereocenters. The van der Waals surface area contributed by atoms with Gasteiger partial charge in [0.25, 0.3) is 15.9 Å². The van der Waals surface area contributed by atoms with Gasteiger partial charge in [0.15, 0.2) is 10.8 Å². The number of carbonyl (C=O) groups is 1. The maximum absolute atomic E-state index is 13.8. The van der Waals surface area contributed by atoms with Gasteiger partial charge in [-0.05, 0) is 30.7 Å². The number of carbonyl (C=O) groups excluding carboxylic acids is 1. The summed E-state index contributed by atoms with van der Waals surface area (Å²) in [5.74, 6) is -3.41. The van der Waals surface area contributed by atoms with Gasteiger partial charge >= 0.3 is 0 Å². The zero-order chi connectivity index (χ0) is 22.9. The highest BCUT2D eigenvalue weighted by Gasteiger charge is 2.32. The van der Waals surface area contributed by atoms with E-state index in [1.165, 1.54) is 18.3 Å². The maximum atomic E-state index is 13.8. The largest absolute Gasteiger partial charge is 0.368 e. The Kier molecular flexibility index (Phi) is 5.78. The van der Waals surface area contributed by atoms with E-state index in [4.69, 9.17) is 5.14 Å². The predicted octanol–water partition coefficient (Wildman–Crippen LogP) is 3.16. The average molecular weight is 461 g/mol. The van der Waals surface area contributed by atoms with E-state index in [1.807, 2.05) is 18.2 Å². The highest BCUT2D eigenvalue weighted by atomic mass is 32.2. The molecule has 1 aliphatic rings. The van der Waals surface area contributed by atoms with E-state index >= 15 is 0 Å². The number of para-hydroxylation sites is 1. The molecule has 32 heavy (non-hydrogen) atoms. The smallest absolute Gasteiger partial charge is 0.258 e. The van der Waals surface area contributed by atoms with Crippen LogP contribution in [-0.2, 0) is 10.0 Å².